The van der Waals surface area contributed by atoms with Gasteiger partial charge in [0.15, 0.2) is 0 Å². The van der Waals surface area contributed by atoms with E-state index in [2.05, 4.69) is 97.0 Å². The van der Waals surface area contributed by atoms with Crippen LogP contribution in [-0.2, 0) is 5.41 Å². The monoisotopic (exact) mass is 460 g/mol. The zero-order chi connectivity index (χ0) is 24.6. The van der Waals surface area contributed by atoms with E-state index >= 15 is 0 Å². The summed E-state index contributed by atoms with van der Waals surface area (Å²) in [5.41, 5.74) is 12.1. The van der Waals surface area contributed by atoms with Gasteiger partial charge in [-0.3, -0.25) is 4.98 Å². The van der Waals surface area contributed by atoms with Crippen LogP contribution in [0.15, 0.2) is 59.1 Å². The van der Waals surface area contributed by atoms with E-state index in [-0.39, 0.29) is 5.41 Å². The Balaban J connectivity index is 1.70. The lowest BCUT2D eigenvalue weighted by Gasteiger charge is -2.39. The van der Waals surface area contributed by atoms with E-state index in [4.69, 9.17) is 14.4 Å². The van der Waals surface area contributed by atoms with Crippen LogP contribution in [0.1, 0.15) is 55.6 Å². The van der Waals surface area contributed by atoms with Gasteiger partial charge in [-0.15, -0.1) is 0 Å². The molecule has 176 valence electrons. The van der Waals surface area contributed by atoms with Gasteiger partial charge in [0.1, 0.15) is 5.58 Å². The molecular weight excluding hydrogens is 428 g/mol. The Kier molecular flexibility index (Phi) is 4.73. The van der Waals surface area contributed by atoms with Crippen LogP contribution < -0.4 is 0 Å². The molecule has 0 aliphatic heterocycles. The number of fused-ring (bicyclic) bond motifs is 6. The second kappa shape index (κ2) is 7.52. The van der Waals surface area contributed by atoms with Gasteiger partial charge in [0, 0.05) is 33.5 Å². The van der Waals surface area contributed by atoms with Crippen LogP contribution in [0.5, 0.6) is 0 Å². The van der Waals surface area contributed by atoms with Crippen molar-refractivity contribution >= 4 is 22.1 Å². The predicted octanol–water partition coefficient (Wildman–Crippen LogP) is 8.55. The van der Waals surface area contributed by atoms with Gasteiger partial charge in [-0.05, 0) is 72.6 Å². The highest BCUT2D eigenvalue weighted by atomic mass is 16.3. The molecule has 35 heavy (non-hydrogen) atoms. The fourth-order valence-electron chi connectivity index (χ4n) is 6.50. The second-order valence-corrected chi connectivity index (χ2v) is 10.9. The molecule has 0 amide bonds. The van der Waals surface area contributed by atoms with E-state index in [1.54, 1.807) is 0 Å². The average molecular weight is 461 g/mol. The minimum absolute atomic E-state index is 0.145. The molecule has 0 saturated heterocycles. The van der Waals surface area contributed by atoms with Crippen molar-refractivity contribution in [3.63, 3.8) is 0 Å². The predicted molar refractivity (Wildman–Crippen MR) is 145 cm³/mol. The normalized spacial score (nSPS) is 14.3. The van der Waals surface area contributed by atoms with Gasteiger partial charge < -0.3 is 4.42 Å². The molecular formula is C32H32N2O. The summed E-state index contributed by atoms with van der Waals surface area (Å²) in [6, 6.07) is 17.7. The lowest BCUT2D eigenvalue weighted by molar-refractivity contribution is 0.273. The first-order chi connectivity index (χ1) is 16.7. The molecule has 3 heterocycles. The van der Waals surface area contributed by atoms with Crippen molar-refractivity contribution < 1.29 is 4.42 Å². The number of hydrogen-bond acceptors (Lipinski definition) is 3. The van der Waals surface area contributed by atoms with Crippen molar-refractivity contribution in [2.75, 3.05) is 0 Å². The molecule has 0 bridgehead atoms. The Morgan fingerprint density at radius 3 is 2.23 bits per heavy atom. The Morgan fingerprint density at radius 2 is 1.51 bits per heavy atom. The Hall–Kier alpha value is -3.46. The summed E-state index contributed by atoms with van der Waals surface area (Å²) in [7, 11) is 0. The van der Waals surface area contributed by atoms with Crippen LogP contribution in [0.25, 0.3) is 44.5 Å². The van der Waals surface area contributed by atoms with Crippen LogP contribution in [-0.4, -0.2) is 9.97 Å². The molecule has 6 rings (SSSR count). The highest BCUT2D eigenvalue weighted by molar-refractivity contribution is 6.10. The first-order valence-electron chi connectivity index (χ1n) is 12.7. The van der Waals surface area contributed by atoms with E-state index in [1.807, 2.05) is 6.20 Å². The maximum absolute atomic E-state index is 6.61. The molecule has 3 aromatic heterocycles. The lowest BCUT2D eigenvalue weighted by atomic mass is 9.64. The van der Waals surface area contributed by atoms with Crippen LogP contribution in [0.2, 0.25) is 0 Å². The van der Waals surface area contributed by atoms with E-state index < -0.39 is 0 Å². The van der Waals surface area contributed by atoms with Crippen molar-refractivity contribution in [2.24, 2.45) is 11.8 Å². The SMILES string of the molecule is Cc1cnc(-c2c(C)ccc3c2oc2nc4c(cc23)-c2ccccc2C4(C(C)C)C(C)C)cc1C. The number of hydrogen-bond donors (Lipinski definition) is 0. The van der Waals surface area contributed by atoms with Gasteiger partial charge in [0.05, 0.1) is 11.4 Å². The fraction of sp³-hybridized carbons (Fsp3) is 0.312. The average Bonchev–Trinajstić information content (AvgIpc) is 3.32. The molecule has 0 fully saturated rings. The first kappa shape index (κ1) is 22.0. The molecule has 0 unspecified atom stereocenters. The fourth-order valence-corrected chi connectivity index (χ4v) is 6.50. The number of furan rings is 1. The number of nitrogens with zero attached hydrogens (tertiary/aromatic N) is 2. The molecule has 1 aliphatic rings. The summed E-state index contributed by atoms with van der Waals surface area (Å²) >= 11 is 0. The van der Waals surface area contributed by atoms with Crippen LogP contribution >= 0.6 is 0 Å². The van der Waals surface area contributed by atoms with Gasteiger partial charge >= 0.3 is 0 Å². The van der Waals surface area contributed by atoms with E-state index in [1.165, 1.54) is 27.8 Å². The molecule has 0 spiro atoms. The maximum atomic E-state index is 6.61. The quantitative estimate of drug-likeness (QED) is 0.271. The van der Waals surface area contributed by atoms with Crippen molar-refractivity contribution in [3.05, 3.63) is 82.7 Å². The van der Waals surface area contributed by atoms with E-state index in [0.717, 1.165) is 38.9 Å². The lowest BCUT2D eigenvalue weighted by Crippen LogP contribution is -2.38. The summed E-state index contributed by atoms with van der Waals surface area (Å²) in [5, 5.41) is 2.17. The maximum Gasteiger partial charge on any atom is 0.227 e. The Morgan fingerprint density at radius 1 is 0.771 bits per heavy atom. The number of pyridine rings is 2. The Labute approximate surface area is 207 Å². The van der Waals surface area contributed by atoms with E-state index in [9.17, 15) is 0 Å². The summed E-state index contributed by atoms with van der Waals surface area (Å²) in [4.78, 5) is 10.1. The molecule has 2 aromatic carbocycles. The molecule has 0 atom stereocenters. The minimum atomic E-state index is -0.145. The Bertz CT molecular complexity index is 1630. The minimum Gasteiger partial charge on any atom is -0.437 e. The van der Waals surface area contributed by atoms with Gasteiger partial charge in [-0.2, -0.15) is 0 Å². The third-order valence-corrected chi connectivity index (χ3v) is 8.35. The smallest absolute Gasteiger partial charge is 0.227 e. The summed E-state index contributed by atoms with van der Waals surface area (Å²) in [5.74, 6) is 0.800. The molecule has 1 aliphatic carbocycles. The van der Waals surface area contributed by atoms with Crippen molar-refractivity contribution in [2.45, 2.75) is 53.9 Å². The summed E-state index contributed by atoms with van der Waals surface area (Å²) in [6.07, 6.45) is 1.95. The van der Waals surface area contributed by atoms with Gasteiger partial charge in [-0.25, -0.2) is 4.98 Å². The number of aromatic nitrogens is 2. The van der Waals surface area contributed by atoms with Crippen LogP contribution in [0.4, 0.5) is 0 Å². The molecule has 3 nitrogen and oxygen atoms in total. The molecule has 0 N–H and O–H groups in total. The third kappa shape index (κ3) is 2.84. The molecule has 5 aromatic rings. The van der Waals surface area contributed by atoms with Crippen molar-refractivity contribution in [3.8, 4) is 22.4 Å². The first-order valence-corrected chi connectivity index (χ1v) is 12.7. The molecule has 0 saturated carbocycles. The third-order valence-electron chi connectivity index (χ3n) is 8.35. The number of aryl methyl sites for hydroxylation is 3. The van der Waals surface area contributed by atoms with Gasteiger partial charge in [0.25, 0.3) is 0 Å². The zero-order valence-corrected chi connectivity index (χ0v) is 21.7. The molecule has 3 heteroatoms. The second-order valence-electron chi connectivity index (χ2n) is 10.9. The number of benzene rings is 2. The zero-order valence-electron chi connectivity index (χ0n) is 21.7. The standard InChI is InChI=1S/C32H32N2O/c1-17(2)32(18(3)4)26-11-9-8-10-22(26)24-15-25-23-13-12-19(5)28(27-14-20(6)21(7)16-33-27)29(23)35-31(25)34-30(24)32/h8-18H,1-7H3. The van der Waals surface area contributed by atoms with Gasteiger partial charge in [-0.1, -0.05) is 64.1 Å². The van der Waals surface area contributed by atoms with Gasteiger partial charge in [0.2, 0.25) is 5.71 Å². The molecule has 0 radical (unpaired) electrons. The van der Waals surface area contributed by atoms with Crippen LogP contribution in [0, 0.1) is 32.6 Å². The topological polar surface area (TPSA) is 38.9 Å². The van der Waals surface area contributed by atoms with Crippen molar-refractivity contribution in [1.29, 1.82) is 0 Å². The van der Waals surface area contributed by atoms with Crippen molar-refractivity contribution in [1.82, 2.24) is 9.97 Å². The van der Waals surface area contributed by atoms with Crippen LogP contribution in [0.3, 0.4) is 0 Å². The summed E-state index contributed by atoms with van der Waals surface area (Å²) in [6.45, 7) is 15.7. The number of rotatable bonds is 3. The van der Waals surface area contributed by atoms with E-state index in [0.29, 0.717) is 17.5 Å². The largest absolute Gasteiger partial charge is 0.437 e. The highest BCUT2D eigenvalue weighted by Crippen LogP contribution is 2.56. The summed E-state index contributed by atoms with van der Waals surface area (Å²) < 4.78 is 6.61. The highest BCUT2D eigenvalue weighted by Gasteiger charge is 2.49.